The van der Waals surface area contributed by atoms with Crippen molar-refractivity contribution in [3.63, 3.8) is 0 Å². The van der Waals surface area contributed by atoms with E-state index >= 15 is 0 Å². The molecule has 4 rings (SSSR count). The molecule has 0 spiro atoms. The Kier molecular flexibility index (Phi) is 5.56. The zero-order valence-corrected chi connectivity index (χ0v) is 16.8. The molecule has 0 bridgehead atoms. The number of halogens is 1. The van der Waals surface area contributed by atoms with Crippen LogP contribution in [0.2, 0.25) is 5.02 Å². The molecule has 3 aromatic carbocycles. The van der Waals surface area contributed by atoms with Gasteiger partial charge in [-0.3, -0.25) is 4.90 Å². The van der Waals surface area contributed by atoms with Crippen LogP contribution in [0.3, 0.4) is 0 Å². The van der Waals surface area contributed by atoms with Gasteiger partial charge in [-0.25, -0.2) is 0 Å². The Bertz CT molecular complexity index is 896. The van der Waals surface area contributed by atoms with E-state index in [0.29, 0.717) is 11.8 Å². The highest BCUT2D eigenvalue weighted by Gasteiger charge is 2.32. The minimum Gasteiger partial charge on any atom is -0.508 e. The average molecular weight is 393 g/mol. The lowest BCUT2D eigenvalue weighted by Crippen LogP contribution is -2.53. The second kappa shape index (κ2) is 8.26. The Labute approximate surface area is 171 Å². The molecule has 1 saturated heterocycles. The predicted octanol–water partition coefficient (Wildman–Crippen LogP) is 5.50. The molecule has 3 aromatic rings. The molecular weight excluding hydrogens is 368 g/mol. The Balaban J connectivity index is 1.64. The van der Waals surface area contributed by atoms with Gasteiger partial charge in [-0.2, -0.15) is 0 Å². The van der Waals surface area contributed by atoms with E-state index in [1.165, 1.54) is 11.1 Å². The van der Waals surface area contributed by atoms with Crippen molar-refractivity contribution in [2.45, 2.75) is 25.6 Å². The first-order valence-corrected chi connectivity index (χ1v) is 10.1. The fraction of sp³-hybridized carbons (Fsp3) is 0.250. The third-order valence-corrected chi connectivity index (χ3v) is 5.78. The molecule has 0 saturated carbocycles. The first-order valence-electron chi connectivity index (χ1n) is 9.69. The lowest BCUT2D eigenvalue weighted by Gasteiger charge is -2.47. The third-order valence-electron chi connectivity index (χ3n) is 5.53. The van der Waals surface area contributed by atoms with Crippen LogP contribution in [0, 0.1) is 0 Å². The van der Waals surface area contributed by atoms with E-state index in [1.54, 1.807) is 12.1 Å². The first-order chi connectivity index (χ1) is 13.6. The zero-order valence-electron chi connectivity index (χ0n) is 16.0. The highest BCUT2D eigenvalue weighted by Crippen LogP contribution is 2.34. The third kappa shape index (κ3) is 4.16. The lowest BCUT2D eigenvalue weighted by molar-refractivity contribution is 0.153. The van der Waals surface area contributed by atoms with E-state index in [-0.39, 0.29) is 6.04 Å². The van der Waals surface area contributed by atoms with Crippen LogP contribution in [-0.4, -0.2) is 29.1 Å². The summed E-state index contributed by atoms with van der Waals surface area (Å²) in [5.41, 5.74) is 3.72. The van der Waals surface area contributed by atoms with Crippen LogP contribution in [-0.2, 0) is 6.54 Å². The quantitative estimate of drug-likeness (QED) is 0.635. The van der Waals surface area contributed by atoms with Gasteiger partial charge in [0, 0.05) is 36.4 Å². The Morgan fingerprint density at radius 3 is 2.25 bits per heavy atom. The maximum atomic E-state index is 9.69. The Hall–Kier alpha value is -2.49. The summed E-state index contributed by atoms with van der Waals surface area (Å²) in [6, 6.07) is 27.0. The van der Waals surface area contributed by atoms with Crippen LogP contribution in [0.15, 0.2) is 78.9 Å². The maximum absolute atomic E-state index is 9.69. The van der Waals surface area contributed by atoms with Crippen molar-refractivity contribution < 1.29 is 5.11 Å². The van der Waals surface area contributed by atoms with Crippen molar-refractivity contribution in [1.82, 2.24) is 4.90 Å². The fourth-order valence-corrected chi connectivity index (χ4v) is 4.09. The predicted molar refractivity (Wildman–Crippen MR) is 116 cm³/mol. The lowest BCUT2D eigenvalue weighted by atomic mass is 9.98. The number of nitrogens with zero attached hydrogens (tertiary/aromatic N) is 2. The van der Waals surface area contributed by atoms with E-state index in [2.05, 4.69) is 59.2 Å². The minimum atomic E-state index is 0.224. The van der Waals surface area contributed by atoms with Gasteiger partial charge >= 0.3 is 0 Å². The zero-order chi connectivity index (χ0) is 19.5. The molecule has 1 N–H and O–H groups in total. The molecule has 0 amide bonds. The fourth-order valence-electron chi connectivity index (χ4n) is 3.97. The second-order valence-corrected chi connectivity index (χ2v) is 7.94. The van der Waals surface area contributed by atoms with E-state index in [0.717, 1.165) is 30.3 Å². The SMILES string of the molecule is CC1CN(c2ccc(O)cc2)C(c2ccc(Cl)cc2)CN1Cc1ccccc1. The van der Waals surface area contributed by atoms with Crippen LogP contribution in [0.1, 0.15) is 24.1 Å². The largest absolute Gasteiger partial charge is 0.508 e. The van der Waals surface area contributed by atoms with Gasteiger partial charge in [-0.05, 0) is 54.4 Å². The number of phenols is 1. The summed E-state index contributed by atoms with van der Waals surface area (Å²) in [6.07, 6.45) is 0. The number of rotatable bonds is 4. The topological polar surface area (TPSA) is 26.7 Å². The molecule has 2 unspecified atom stereocenters. The summed E-state index contributed by atoms with van der Waals surface area (Å²) in [7, 11) is 0. The maximum Gasteiger partial charge on any atom is 0.115 e. The summed E-state index contributed by atoms with van der Waals surface area (Å²) >= 11 is 6.13. The summed E-state index contributed by atoms with van der Waals surface area (Å²) < 4.78 is 0. The normalized spacial score (nSPS) is 20.3. The number of hydrogen-bond acceptors (Lipinski definition) is 3. The van der Waals surface area contributed by atoms with Crippen molar-refractivity contribution in [2.75, 3.05) is 18.0 Å². The van der Waals surface area contributed by atoms with Gasteiger partial charge in [0.2, 0.25) is 0 Å². The molecule has 1 fully saturated rings. The van der Waals surface area contributed by atoms with Crippen LogP contribution in [0.4, 0.5) is 5.69 Å². The van der Waals surface area contributed by atoms with Crippen molar-refractivity contribution >= 4 is 17.3 Å². The molecule has 28 heavy (non-hydrogen) atoms. The Morgan fingerprint density at radius 2 is 1.57 bits per heavy atom. The smallest absolute Gasteiger partial charge is 0.115 e. The monoisotopic (exact) mass is 392 g/mol. The number of hydrogen-bond donors (Lipinski definition) is 1. The molecule has 0 radical (unpaired) electrons. The Morgan fingerprint density at radius 1 is 0.893 bits per heavy atom. The van der Waals surface area contributed by atoms with E-state index < -0.39 is 0 Å². The molecule has 3 nitrogen and oxygen atoms in total. The number of anilines is 1. The van der Waals surface area contributed by atoms with Crippen LogP contribution >= 0.6 is 11.6 Å². The molecule has 2 atom stereocenters. The van der Waals surface area contributed by atoms with Gasteiger partial charge in [0.15, 0.2) is 0 Å². The van der Waals surface area contributed by atoms with Crippen molar-refractivity contribution in [2.24, 2.45) is 0 Å². The number of piperazine rings is 1. The van der Waals surface area contributed by atoms with E-state index in [4.69, 9.17) is 11.6 Å². The average Bonchev–Trinajstić information content (AvgIpc) is 2.71. The van der Waals surface area contributed by atoms with Gasteiger partial charge in [0.05, 0.1) is 6.04 Å². The highest BCUT2D eigenvalue weighted by molar-refractivity contribution is 6.30. The first kappa shape index (κ1) is 18.9. The molecule has 0 aliphatic carbocycles. The molecular formula is C24H25ClN2O. The molecule has 144 valence electrons. The van der Waals surface area contributed by atoms with Crippen LogP contribution in [0.25, 0.3) is 0 Å². The number of benzene rings is 3. The van der Waals surface area contributed by atoms with Gasteiger partial charge in [-0.1, -0.05) is 54.1 Å². The summed E-state index contributed by atoms with van der Waals surface area (Å²) in [5.74, 6) is 0.294. The molecule has 1 heterocycles. The summed E-state index contributed by atoms with van der Waals surface area (Å²) in [4.78, 5) is 4.99. The molecule has 1 aliphatic heterocycles. The van der Waals surface area contributed by atoms with Crippen molar-refractivity contribution in [1.29, 1.82) is 0 Å². The molecule has 1 aliphatic rings. The standard InChI is InChI=1S/C24H25ClN2O/c1-18-15-27(22-11-13-23(28)14-12-22)24(20-7-9-21(25)10-8-20)17-26(18)16-19-5-3-2-4-6-19/h2-14,18,24,28H,15-17H2,1H3. The summed E-state index contributed by atoms with van der Waals surface area (Å²) in [5, 5.41) is 10.4. The van der Waals surface area contributed by atoms with E-state index in [9.17, 15) is 5.11 Å². The second-order valence-electron chi connectivity index (χ2n) is 7.50. The van der Waals surface area contributed by atoms with Crippen LogP contribution < -0.4 is 4.90 Å². The molecule has 0 aromatic heterocycles. The van der Waals surface area contributed by atoms with Gasteiger partial charge in [0.1, 0.15) is 5.75 Å². The van der Waals surface area contributed by atoms with Gasteiger partial charge < -0.3 is 10.0 Å². The van der Waals surface area contributed by atoms with Gasteiger partial charge in [0.25, 0.3) is 0 Å². The van der Waals surface area contributed by atoms with Crippen molar-refractivity contribution in [3.05, 3.63) is 95.0 Å². The number of phenolic OH excluding ortho intramolecular Hbond substituents is 1. The van der Waals surface area contributed by atoms with Crippen molar-refractivity contribution in [3.8, 4) is 5.75 Å². The van der Waals surface area contributed by atoms with Gasteiger partial charge in [-0.15, -0.1) is 0 Å². The number of aromatic hydroxyl groups is 1. The molecule has 4 heteroatoms. The minimum absolute atomic E-state index is 0.224. The highest BCUT2D eigenvalue weighted by atomic mass is 35.5. The summed E-state index contributed by atoms with van der Waals surface area (Å²) in [6.45, 7) is 5.08. The van der Waals surface area contributed by atoms with E-state index in [1.807, 2.05) is 24.3 Å². The van der Waals surface area contributed by atoms with Crippen LogP contribution in [0.5, 0.6) is 5.75 Å².